The van der Waals surface area contributed by atoms with Gasteiger partial charge in [-0.05, 0) is 37.8 Å². The van der Waals surface area contributed by atoms with Crippen molar-refractivity contribution < 1.29 is 0 Å². The number of rotatable bonds is 4. The molecular weight excluding hydrogens is 220 g/mol. The molecule has 0 radical (unpaired) electrons. The number of nitrogens with zero attached hydrogens (tertiary/aromatic N) is 1. The van der Waals surface area contributed by atoms with E-state index in [0.29, 0.717) is 6.04 Å². The first-order chi connectivity index (χ1) is 8.74. The number of piperidine rings is 1. The minimum atomic E-state index is 0.402. The van der Waals surface area contributed by atoms with E-state index in [0.717, 1.165) is 12.5 Å². The number of likely N-dealkylation sites (tertiary alicyclic amines) is 1. The van der Waals surface area contributed by atoms with Crippen LogP contribution in [0.15, 0.2) is 24.3 Å². The van der Waals surface area contributed by atoms with Crippen LogP contribution in [0, 0.1) is 12.8 Å². The quantitative estimate of drug-likeness (QED) is 0.884. The van der Waals surface area contributed by atoms with Crippen molar-refractivity contribution in [2.24, 2.45) is 11.7 Å². The van der Waals surface area contributed by atoms with Crippen LogP contribution in [0.5, 0.6) is 0 Å². The third-order valence-electron chi connectivity index (χ3n) is 4.22. The topological polar surface area (TPSA) is 29.3 Å². The summed E-state index contributed by atoms with van der Waals surface area (Å²) < 4.78 is 0. The lowest BCUT2D eigenvalue weighted by Gasteiger charge is -2.38. The third kappa shape index (κ3) is 3.12. The molecule has 2 heteroatoms. The van der Waals surface area contributed by atoms with E-state index in [1.807, 2.05) is 0 Å². The molecule has 1 heterocycles. The van der Waals surface area contributed by atoms with Gasteiger partial charge in [-0.15, -0.1) is 0 Å². The van der Waals surface area contributed by atoms with Crippen LogP contribution >= 0.6 is 0 Å². The maximum atomic E-state index is 6.03. The fourth-order valence-electron chi connectivity index (χ4n) is 3.09. The van der Waals surface area contributed by atoms with Gasteiger partial charge in [0.1, 0.15) is 0 Å². The van der Waals surface area contributed by atoms with Crippen molar-refractivity contribution in [3.63, 3.8) is 0 Å². The molecule has 1 fully saturated rings. The van der Waals surface area contributed by atoms with E-state index in [2.05, 4.69) is 43.0 Å². The van der Waals surface area contributed by atoms with Crippen molar-refractivity contribution in [1.29, 1.82) is 0 Å². The first kappa shape index (κ1) is 13.6. The molecule has 2 unspecified atom stereocenters. The number of nitrogens with two attached hydrogens (primary N) is 1. The maximum absolute atomic E-state index is 6.03. The Morgan fingerprint density at radius 2 is 2.28 bits per heavy atom. The molecule has 0 spiro atoms. The second-order valence-electron chi connectivity index (χ2n) is 5.58. The standard InChI is InChI=1S/C16H26N2/c1-3-14-7-5-9-18(12-14)16(11-17)15-8-4-6-13(2)10-15/h4,6,8,10,14,16H,3,5,7,9,11-12,17H2,1-2H3. The summed E-state index contributed by atoms with van der Waals surface area (Å²) in [7, 11) is 0. The van der Waals surface area contributed by atoms with E-state index in [1.165, 1.54) is 43.5 Å². The van der Waals surface area contributed by atoms with Crippen molar-refractivity contribution in [3.05, 3.63) is 35.4 Å². The Kier molecular flexibility index (Phi) is 4.79. The van der Waals surface area contributed by atoms with E-state index < -0.39 is 0 Å². The summed E-state index contributed by atoms with van der Waals surface area (Å²) in [6.07, 6.45) is 4.00. The summed E-state index contributed by atoms with van der Waals surface area (Å²) in [6.45, 7) is 7.60. The molecule has 1 aliphatic rings. The Labute approximate surface area is 111 Å². The van der Waals surface area contributed by atoms with Crippen molar-refractivity contribution in [2.45, 2.75) is 39.2 Å². The number of aryl methyl sites for hydroxylation is 1. The third-order valence-corrected chi connectivity index (χ3v) is 4.22. The van der Waals surface area contributed by atoms with Crippen molar-refractivity contribution in [3.8, 4) is 0 Å². The molecule has 1 saturated heterocycles. The molecule has 0 bridgehead atoms. The van der Waals surface area contributed by atoms with Crippen LogP contribution in [0.2, 0.25) is 0 Å². The predicted octanol–water partition coefficient (Wildman–Crippen LogP) is 3.12. The zero-order chi connectivity index (χ0) is 13.0. The van der Waals surface area contributed by atoms with Crippen LogP contribution in [-0.2, 0) is 0 Å². The Hall–Kier alpha value is -0.860. The van der Waals surface area contributed by atoms with E-state index in [9.17, 15) is 0 Å². The van der Waals surface area contributed by atoms with Gasteiger partial charge >= 0.3 is 0 Å². The zero-order valence-electron chi connectivity index (χ0n) is 11.7. The van der Waals surface area contributed by atoms with E-state index in [1.54, 1.807) is 0 Å². The minimum absolute atomic E-state index is 0.402. The lowest BCUT2D eigenvalue weighted by molar-refractivity contribution is 0.124. The molecule has 100 valence electrons. The largest absolute Gasteiger partial charge is 0.329 e. The van der Waals surface area contributed by atoms with Crippen LogP contribution in [0.4, 0.5) is 0 Å². The average Bonchev–Trinajstić information content (AvgIpc) is 2.40. The van der Waals surface area contributed by atoms with Gasteiger partial charge in [0.2, 0.25) is 0 Å². The molecule has 0 amide bonds. The fraction of sp³-hybridized carbons (Fsp3) is 0.625. The van der Waals surface area contributed by atoms with Gasteiger partial charge in [0.25, 0.3) is 0 Å². The van der Waals surface area contributed by atoms with Gasteiger partial charge in [-0.3, -0.25) is 4.90 Å². The Balaban J connectivity index is 2.12. The summed E-state index contributed by atoms with van der Waals surface area (Å²) in [4.78, 5) is 2.59. The van der Waals surface area contributed by atoms with Crippen molar-refractivity contribution in [1.82, 2.24) is 4.90 Å². The summed E-state index contributed by atoms with van der Waals surface area (Å²) in [6, 6.07) is 9.21. The minimum Gasteiger partial charge on any atom is -0.329 e. The van der Waals surface area contributed by atoms with Gasteiger partial charge in [-0.25, -0.2) is 0 Å². The normalized spacial score (nSPS) is 22.9. The van der Waals surface area contributed by atoms with Crippen LogP contribution in [-0.4, -0.2) is 24.5 Å². The van der Waals surface area contributed by atoms with Gasteiger partial charge in [0.15, 0.2) is 0 Å². The number of hydrogen-bond donors (Lipinski definition) is 1. The molecule has 2 N–H and O–H groups in total. The molecule has 2 atom stereocenters. The van der Waals surface area contributed by atoms with Gasteiger partial charge in [0, 0.05) is 19.1 Å². The van der Waals surface area contributed by atoms with Crippen molar-refractivity contribution >= 4 is 0 Å². The van der Waals surface area contributed by atoms with Crippen LogP contribution in [0.1, 0.15) is 43.4 Å². The molecule has 18 heavy (non-hydrogen) atoms. The highest BCUT2D eigenvalue weighted by Gasteiger charge is 2.25. The molecule has 1 aromatic rings. The molecule has 2 nitrogen and oxygen atoms in total. The first-order valence-electron chi connectivity index (χ1n) is 7.25. The molecule has 0 aliphatic carbocycles. The summed E-state index contributed by atoms with van der Waals surface area (Å²) >= 11 is 0. The highest BCUT2D eigenvalue weighted by Crippen LogP contribution is 2.27. The number of hydrogen-bond acceptors (Lipinski definition) is 2. The molecule has 2 rings (SSSR count). The molecule has 0 aromatic heterocycles. The highest BCUT2D eigenvalue weighted by atomic mass is 15.2. The summed E-state index contributed by atoms with van der Waals surface area (Å²) in [5.41, 5.74) is 8.74. The average molecular weight is 246 g/mol. The summed E-state index contributed by atoms with van der Waals surface area (Å²) in [5.74, 6) is 0.859. The van der Waals surface area contributed by atoms with Gasteiger partial charge in [-0.1, -0.05) is 43.2 Å². The lowest BCUT2D eigenvalue weighted by Crippen LogP contribution is -2.41. The van der Waals surface area contributed by atoms with E-state index in [4.69, 9.17) is 5.73 Å². The second kappa shape index (κ2) is 6.35. The molecule has 0 saturated carbocycles. The van der Waals surface area contributed by atoms with E-state index >= 15 is 0 Å². The van der Waals surface area contributed by atoms with Crippen LogP contribution < -0.4 is 5.73 Å². The number of benzene rings is 1. The SMILES string of the molecule is CCC1CCCN(C(CN)c2cccc(C)c2)C1. The first-order valence-corrected chi connectivity index (χ1v) is 7.25. The predicted molar refractivity (Wildman–Crippen MR) is 77.6 cm³/mol. The highest BCUT2D eigenvalue weighted by molar-refractivity contribution is 5.25. The zero-order valence-corrected chi connectivity index (χ0v) is 11.7. The molecule has 1 aromatic carbocycles. The fourth-order valence-corrected chi connectivity index (χ4v) is 3.09. The Bertz CT molecular complexity index is 375. The maximum Gasteiger partial charge on any atom is 0.0470 e. The summed E-state index contributed by atoms with van der Waals surface area (Å²) in [5, 5.41) is 0. The van der Waals surface area contributed by atoms with Gasteiger partial charge < -0.3 is 5.73 Å². The van der Waals surface area contributed by atoms with E-state index in [-0.39, 0.29) is 0 Å². The van der Waals surface area contributed by atoms with Crippen LogP contribution in [0.25, 0.3) is 0 Å². The second-order valence-corrected chi connectivity index (χ2v) is 5.58. The Morgan fingerprint density at radius 1 is 1.44 bits per heavy atom. The van der Waals surface area contributed by atoms with Crippen molar-refractivity contribution in [2.75, 3.05) is 19.6 Å². The Morgan fingerprint density at radius 3 is 2.94 bits per heavy atom. The monoisotopic (exact) mass is 246 g/mol. The smallest absolute Gasteiger partial charge is 0.0470 e. The molecular formula is C16H26N2. The lowest BCUT2D eigenvalue weighted by atomic mass is 9.92. The molecule has 1 aliphatic heterocycles. The van der Waals surface area contributed by atoms with Gasteiger partial charge in [-0.2, -0.15) is 0 Å². The van der Waals surface area contributed by atoms with Gasteiger partial charge in [0.05, 0.1) is 0 Å². The van der Waals surface area contributed by atoms with Crippen LogP contribution in [0.3, 0.4) is 0 Å².